The van der Waals surface area contributed by atoms with Gasteiger partial charge >= 0.3 is 5.97 Å². The summed E-state index contributed by atoms with van der Waals surface area (Å²) in [5, 5.41) is 15.0. The Balaban J connectivity index is 2.20. The lowest BCUT2D eigenvalue weighted by Gasteiger charge is -2.24. The number of aryl methyl sites for hydroxylation is 1. The second kappa shape index (κ2) is 4.34. The van der Waals surface area contributed by atoms with Crippen LogP contribution in [0.3, 0.4) is 0 Å². The molecule has 3 rings (SSSR count). The summed E-state index contributed by atoms with van der Waals surface area (Å²) < 4.78 is 2.58. The number of hydrogen-bond acceptors (Lipinski definition) is 2. The standard InChI is InChI=1S/C14H15BrN2O2/c1-17-11-8-9(4-5-10(11)12(15)16-17)14(13(18)19)6-2-3-7-14/h4-5,8H,2-3,6-7H2,1H3,(H,18,19). The van der Waals surface area contributed by atoms with Crippen molar-refractivity contribution in [3.63, 3.8) is 0 Å². The van der Waals surface area contributed by atoms with Crippen LogP contribution in [-0.2, 0) is 17.3 Å². The lowest BCUT2D eigenvalue weighted by Crippen LogP contribution is -2.32. The fraction of sp³-hybridized carbons (Fsp3) is 0.429. The third-order valence-corrected chi connectivity index (χ3v) is 4.81. The first-order valence-electron chi connectivity index (χ1n) is 6.41. The van der Waals surface area contributed by atoms with Gasteiger partial charge in [-0.3, -0.25) is 9.48 Å². The first kappa shape index (κ1) is 12.7. The van der Waals surface area contributed by atoms with Gasteiger partial charge in [-0.2, -0.15) is 5.10 Å². The molecule has 1 N–H and O–H groups in total. The summed E-state index contributed by atoms with van der Waals surface area (Å²) in [4.78, 5) is 11.7. The van der Waals surface area contributed by atoms with Crippen LogP contribution in [0, 0.1) is 0 Å². The Morgan fingerprint density at radius 2 is 2.11 bits per heavy atom. The Morgan fingerprint density at radius 1 is 1.42 bits per heavy atom. The van der Waals surface area contributed by atoms with Crippen molar-refractivity contribution in [2.75, 3.05) is 0 Å². The van der Waals surface area contributed by atoms with Gasteiger partial charge in [0.25, 0.3) is 0 Å². The number of rotatable bonds is 2. The molecular formula is C14H15BrN2O2. The maximum Gasteiger partial charge on any atom is 0.314 e. The van der Waals surface area contributed by atoms with Gasteiger partial charge in [0.15, 0.2) is 0 Å². The molecule has 4 nitrogen and oxygen atoms in total. The molecule has 2 aromatic rings. The highest BCUT2D eigenvalue weighted by molar-refractivity contribution is 9.10. The largest absolute Gasteiger partial charge is 0.481 e. The van der Waals surface area contributed by atoms with E-state index in [-0.39, 0.29) is 0 Å². The average Bonchev–Trinajstić information content (AvgIpc) is 2.97. The lowest BCUT2D eigenvalue weighted by molar-refractivity contribution is -0.143. The predicted molar refractivity (Wildman–Crippen MR) is 76.2 cm³/mol. The quantitative estimate of drug-likeness (QED) is 0.923. The van der Waals surface area contributed by atoms with E-state index in [2.05, 4.69) is 21.0 Å². The predicted octanol–water partition coefficient (Wildman–Crippen LogP) is 3.23. The molecule has 1 saturated carbocycles. The number of carboxylic acids is 1. The second-order valence-electron chi connectivity index (χ2n) is 5.24. The summed E-state index contributed by atoms with van der Waals surface area (Å²) in [7, 11) is 1.87. The molecule has 0 atom stereocenters. The maximum absolute atomic E-state index is 11.7. The van der Waals surface area contributed by atoms with Gasteiger partial charge in [0, 0.05) is 12.4 Å². The Kier molecular flexibility index (Phi) is 2.89. The molecule has 0 spiro atoms. The fourth-order valence-corrected chi connectivity index (χ4v) is 3.69. The van der Waals surface area contributed by atoms with E-state index in [9.17, 15) is 9.90 Å². The number of benzene rings is 1. The van der Waals surface area contributed by atoms with Crippen LogP contribution in [-0.4, -0.2) is 20.9 Å². The van der Waals surface area contributed by atoms with Gasteiger partial charge in [0.05, 0.1) is 10.9 Å². The highest BCUT2D eigenvalue weighted by Crippen LogP contribution is 2.42. The molecule has 0 bridgehead atoms. The summed E-state index contributed by atoms with van der Waals surface area (Å²) in [6.07, 6.45) is 3.43. The number of carbonyl (C=O) groups is 1. The van der Waals surface area contributed by atoms with Gasteiger partial charge in [0.1, 0.15) is 4.60 Å². The SMILES string of the molecule is Cn1nc(Br)c2ccc(C3(C(=O)O)CCCC3)cc21. The molecule has 1 aromatic carbocycles. The molecule has 0 aliphatic heterocycles. The monoisotopic (exact) mass is 322 g/mol. The number of fused-ring (bicyclic) bond motifs is 1. The van der Waals surface area contributed by atoms with Crippen LogP contribution in [0.5, 0.6) is 0 Å². The van der Waals surface area contributed by atoms with E-state index in [1.165, 1.54) is 0 Å². The van der Waals surface area contributed by atoms with Crippen LogP contribution < -0.4 is 0 Å². The van der Waals surface area contributed by atoms with Crippen molar-refractivity contribution >= 4 is 32.8 Å². The van der Waals surface area contributed by atoms with Crippen molar-refractivity contribution in [1.82, 2.24) is 9.78 Å². The summed E-state index contributed by atoms with van der Waals surface area (Å²) >= 11 is 3.42. The van der Waals surface area contributed by atoms with Crippen LogP contribution >= 0.6 is 15.9 Å². The summed E-state index contributed by atoms with van der Waals surface area (Å²) in [5.41, 5.74) is 1.17. The van der Waals surface area contributed by atoms with Crippen LogP contribution in [0.25, 0.3) is 10.9 Å². The van der Waals surface area contributed by atoms with E-state index >= 15 is 0 Å². The molecule has 1 fully saturated rings. The van der Waals surface area contributed by atoms with Gasteiger partial charge < -0.3 is 5.11 Å². The van der Waals surface area contributed by atoms with E-state index in [1.54, 1.807) is 4.68 Å². The Morgan fingerprint density at radius 3 is 2.74 bits per heavy atom. The highest BCUT2D eigenvalue weighted by atomic mass is 79.9. The van der Waals surface area contributed by atoms with E-state index < -0.39 is 11.4 Å². The minimum absolute atomic E-state index is 0.703. The zero-order valence-corrected chi connectivity index (χ0v) is 12.3. The molecule has 1 aliphatic carbocycles. The normalized spacial score (nSPS) is 18.0. The van der Waals surface area contributed by atoms with Crippen molar-refractivity contribution < 1.29 is 9.90 Å². The Labute approximate surface area is 119 Å². The summed E-state index contributed by atoms with van der Waals surface area (Å²) in [5.74, 6) is -0.703. The number of aromatic nitrogens is 2. The molecule has 1 aromatic heterocycles. The van der Waals surface area contributed by atoms with Crippen molar-refractivity contribution in [3.8, 4) is 0 Å². The number of aliphatic carboxylic acids is 1. The third kappa shape index (κ3) is 1.79. The first-order valence-corrected chi connectivity index (χ1v) is 7.20. The fourth-order valence-electron chi connectivity index (χ4n) is 3.12. The van der Waals surface area contributed by atoms with Crippen molar-refractivity contribution in [2.24, 2.45) is 7.05 Å². The van der Waals surface area contributed by atoms with Crippen LogP contribution in [0.1, 0.15) is 31.2 Å². The topological polar surface area (TPSA) is 55.1 Å². The average molecular weight is 323 g/mol. The molecule has 0 amide bonds. The molecule has 1 aliphatic rings. The molecule has 19 heavy (non-hydrogen) atoms. The van der Waals surface area contributed by atoms with E-state index in [0.29, 0.717) is 0 Å². The van der Waals surface area contributed by atoms with E-state index in [1.807, 2.05) is 25.2 Å². The van der Waals surface area contributed by atoms with Gasteiger partial charge in [-0.15, -0.1) is 0 Å². The Bertz CT molecular complexity index is 657. The molecule has 100 valence electrons. The third-order valence-electron chi connectivity index (χ3n) is 4.23. The van der Waals surface area contributed by atoms with Gasteiger partial charge in [-0.1, -0.05) is 18.9 Å². The smallest absolute Gasteiger partial charge is 0.314 e. The minimum atomic E-state index is -0.703. The number of hydrogen-bond donors (Lipinski definition) is 1. The minimum Gasteiger partial charge on any atom is -0.481 e. The van der Waals surface area contributed by atoms with E-state index in [0.717, 1.165) is 46.8 Å². The molecule has 1 heterocycles. The van der Waals surface area contributed by atoms with Crippen LogP contribution in [0.2, 0.25) is 0 Å². The van der Waals surface area contributed by atoms with E-state index in [4.69, 9.17) is 0 Å². The molecule has 0 unspecified atom stereocenters. The highest BCUT2D eigenvalue weighted by Gasteiger charge is 2.43. The van der Waals surface area contributed by atoms with Crippen molar-refractivity contribution in [3.05, 3.63) is 28.4 Å². The summed E-state index contributed by atoms with van der Waals surface area (Å²) in [6, 6.07) is 5.88. The molecule has 5 heteroatoms. The molecular weight excluding hydrogens is 308 g/mol. The molecule has 0 saturated heterocycles. The lowest BCUT2D eigenvalue weighted by atomic mass is 9.79. The summed E-state index contributed by atoms with van der Waals surface area (Å²) in [6.45, 7) is 0. The number of carboxylic acid groups (broad SMARTS) is 1. The second-order valence-corrected chi connectivity index (χ2v) is 5.99. The maximum atomic E-state index is 11.7. The van der Waals surface area contributed by atoms with Crippen LogP contribution in [0.4, 0.5) is 0 Å². The Hall–Kier alpha value is -1.36. The zero-order chi connectivity index (χ0) is 13.6. The van der Waals surface area contributed by atoms with Gasteiger partial charge in [-0.25, -0.2) is 0 Å². The first-order chi connectivity index (χ1) is 9.04. The molecule has 0 radical (unpaired) electrons. The van der Waals surface area contributed by atoms with Crippen molar-refractivity contribution in [1.29, 1.82) is 0 Å². The zero-order valence-electron chi connectivity index (χ0n) is 10.7. The van der Waals surface area contributed by atoms with Crippen LogP contribution in [0.15, 0.2) is 22.8 Å². The van der Waals surface area contributed by atoms with Gasteiger partial charge in [0.2, 0.25) is 0 Å². The number of halogens is 1. The number of nitrogens with zero attached hydrogens (tertiary/aromatic N) is 2. The van der Waals surface area contributed by atoms with Crippen molar-refractivity contribution in [2.45, 2.75) is 31.1 Å². The van der Waals surface area contributed by atoms with Gasteiger partial charge in [-0.05, 0) is 46.5 Å².